The number of aryl methyl sites for hydroxylation is 2. The average molecular weight is 727 g/mol. The van der Waals surface area contributed by atoms with Gasteiger partial charge in [0.05, 0.1) is 17.6 Å². The van der Waals surface area contributed by atoms with Crippen molar-refractivity contribution >= 4 is 29.3 Å². The van der Waals surface area contributed by atoms with E-state index in [4.69, 9.17) is 9.47 Å². The number of rotatable bonds is 16. The highest BCUT2D eigenvalue weighted by molar-refractivity contribution is 5.96. The zero-order chi connectivity index (χ0) is 38.1. The minimum Gasteiger partial charge on any atom is -0.420 e. The Morgan fingerprint density at radius 3 is 2.08 bits per heavy atom. The minimum atomic E-state index is -1.81. The molecule has 0 saturated carbocycles. The molecule has 0 fully saturated rings. The Labute approximate surface area is 301 Å². The highest BCUT2D eigenvalue weighted by Gasteiger charge is 2.34. The van der Waals surface area contributed by atoms with E-state index < -0.39 is 46.0 Å². The van der Waals surface area contributed by atoms with Crippen LogP contribution < -0.4 is 15.0 Å². The zero-order valence-corrected chi connectivity index (χ0v) is 30.1. The van der Waals surface area contributed by atoms with E-state index in [2.05, 4.69) is 11.4 Å². The SMILES string of the molecule is CC(C)(CCNC(=O)CCCC(=O)CCC(=O)N1Cc2ccccc2CCc2ccccc21)OCCC(C)(C)C(=O)Oc1c(F)c(F)cc(F)c1F. The number of ketones is 1. The van der Waals surface area contributed by atoms with Gasteiger partial charge in [0.15, 0.2) is 11.6 Å². The number of carbonyl (C=O) groups excluding carboxylic acids is 4. The number of fused-ring (bicyclic) bond motifs is 2. The lowest BCUT2D eigenvalue weighted by molar-refractivity contribution is -0.146. The summed E-state index contributed by atoms with van der Waals surface area (Å²) in [5.74, 6) is -9.96. The van der Waals surface area contributed by atoms with Gasteiger partial charge in [-0.3, -0.25) is 19.2 Å². The van der Waals surface area contributed by atoms with Crippen LogP contribution in [0.15, 0.2) is 54.6 Å². The number of hydrogen-bond acceptors (Lipinski definition) is 6. The second kappa shape index (κ2) is 17.8. The molecule has 4 rings (SSSR count). The number of hydrogen-bond donors (Lipinski definition) is 1. The summed E-state index contributed by atoms with van der Waals surface area (Å²) in [5, 5.41) is 2.81. The monoisotopic (exact) mass is 726 g/mol. The van der Waals surface area contributed by atoms with Crippen molar-refractivity contribution in [2.45, 2.75) is 97.6 Å². The van der Waals surface area contributed by atoms with Crippen molar-refractivity contribution in [1.29, 1.82) is 0 Å². The number of para-hydroxylation sites is 1. The lowest BCUT2D eigenvalue weighted by Crippen LogP contribution is -2.35. The topological polar surface area (TPSA) is 102 Å². The Morgan fingerprint density at radius 1 is 0.769 bits per heavy atom. The summed E-state index contributed by atoms with van der Waals surface area (Å²) in [5.41, 5.74) is 2.23. The predicted octanol–water partition coefficient (Wildman–Crippen LogP) is 7.72. The molecule has 2 amide bonds. The number of nitrogens with one attached hydrogen (secondary N) is 1. The summed E-state index contributed by atoms with van der Waals surface area (Å²) in [6.07, 6.45) is 3.03. The first-order valence-electron chi connectivity index (χ1n) is 17.5. The molecule has 52 heavy (non-hydrogen) atoms. The van der Waals surface area contributed by atoms with Crippen LogP contribution in [0.4, 0.5) is 23.2 Å². The molecule has 8 nitrogen and oxygen atoms in total. The molecule has 0 saturated heterocycles. The Hall–Kier alpha value is -4.58. The summed E-state index contributed by atoms with van der Waals surface area (Å²) in [6.45, 7) is 7.22. The first kappa shape index (κ1) is 40.2. The highest BCUT2D eigenvalue weighted by Crippen LogP contribution is 2.32. The normalized spacial score (nSPS) is 13.0. The summed E-state index contributed by atoms with van der Waals surface area (Å²) in [6, 6.07) is 16.0. The maximum atomic E-state index is 13.9. The van der Waals surface area contributed by atoms with Crippen molar-refractivity contribution in [2.75, 3.05) is 18.1 Å². The van der Waals surface area contributed by atoms with Gasteiger partial charge in [0.1, 0.15) is 5.78 Å². The van der Waals surface area contributed by atoms with Crippen molar-refractivity contribution in [1.82, 2.24) is 5.32 Å². The first-order valence-corrected chi connectivity index (χ1v) is 17.5. The number of esters is 1. The molecule has 0 radical (unpaired) electrons. The van der Waals surface area contributed by atoms with E-state index in [9.17, 15) is 36.7 Å². The van der Waals surface area contributed by atoms with Crippen LogP contribution in [0.3, 0.4) is 0 Å². The molecule has 3 aromatic rings. The van der Waals surface area contributed by atoms with Crippen LogP contribution in [0.2, 0.25) is 0 Å². The molecule has 12 heteroatoms. The van der Waals surface area contributed by atoms with Crippen LogP contribution in [-0.4, -0.2) is 42.3 Å². The molecule has 3 aromatic carbocycles. The standard InChI is InChI=1S/C40H46F4N2O6/c1-39(2,38(50)52-37-35(43)30(41)24-31(42)36(37)44)21-23-51-40(3,4)20-22-45-33(48)15-9-13-29(47)18-19-34(49)46-25-28-12-6-5-10-26(28)16-17-27-11-7-8-14-32(27)46/h5-8,10-12,14,24H,9,13,15-23,25H2,1-4H3,(H,45,48). The molecule has 0 spiro atoms. The molecule has 1 aliphatic heterocycles. The number of nitrogens with zero attached hydrogens (tertiary/aromatic N) is 1. The van der Waals surface area contributed by atoms with Gasteiger partial charge in [-0.05, 0) is 82.6 Å². The maximum Gasteiger partial charge on any atom is 0.317 e. The average Bonchev–Trinajstić information content (AvgIpc) is 3.08. The Morgan fingerprint density at radius 2 is 1.38 bits per heavy atom. The molecule has 1 N–H and O–H groups in total. The molecular weight excluding hydrogens is 680 g/mol. The van der Waals surface area contributed by atoms with Crippen molar-refractivity contribution in [3.8, 4) is 5.75 Å². The van der Waals surface area contributed by atoms with Gasteiger partial charge in [0, 0.05) is 50.6 Å². The molecule has 0 unspecified atom stereocenters. The van der Waals surface area contributed by atoms with Gasteiger partial charge in [0.25, 0.3) is 0 Å². The first-order chi connectivity index (χ1) is 24.6. The quantitative estimate of drug-likeness (QED) is 0.0703. The molecule has 0 aromatic heterocycles. The van der Waals surface area contributed by atoms with Gasteiger partial charge in [-0.2, -0.15) is 8.78 Å². The number of halogens is 4. The highest BCUT2D eigenvalue weighted by atomic mass is 19.2. The van der Waals surface area contributed by atoms with Crippen LogP contribution in [-0.2, 0) is 43.3 Å². The Kier molecular flexibility index (Phi) is 13.7. The smallest absolute Gasteiger partial charge is 0.317 e. The van der Waals surface area contributed by atoms with Gasteiger partial charge in [-0.15, -0.1) is 0 Å². The van der Waals surface area contributed by atoms with E-state index in [0.29, 0.717) is 19.4 Å². The number of Topliss-reactive ketones (excluding diaryl/α,β-unsaturated/α-hetero) is 1. The summed E-state index contributed by atoms with van der Waals surface area (Å²) in [7, 11) is 0. The Bertz CT molecular complexity index is 1750. The van der Waals surface area contributed by atoms with Crippen LogP contribution in [0.5, 0.6) is 5.75 Å². The summed E-state index contributed by atoms with van der Waals surface area (Å²) >= 11 is 0. The largest absolute Gasteiger partial charge is 0.420 e. The Balaban J connectivity index is 1.14. The van der Waals surface area contributed by atoms with Crippen LogP contribution in [0.1, 0.15) is 89.3 Å². The second-order valence-corrected chi connectivity index (χ2v) is 14.3. The van der Waals surface area contributed by atoms with Crippen molar-refractivity contribution in [2.24, 2.45) is 5.41 Å². The second-order valence-electron chi connectivity index (χ2n) is 14.3. The fourth-order valence-electron chi connectivity index (χ4n) is 5.86. The number of anilines is 1. The van der Waals surface area contributed by atoms with Crippen LogP contribution in [0.25, 0.3) is 0 Å². The van der Waals surface area contributed by atoms with E-state index >= 15 is 0 Å². The van der Waals surface area contributed by atoms with Crippen LogP contribution in [0, 0.1) is 28.7 Å². The third-order valence-corrected chi connectivity index (χ3v) is 9.26. The molecule has 1 heterocycles. The summed E-state index contributed by atoms with van der Waals surface area (Å²) < 4.78 is 65.5. The molecule has 0 bridgehead atoms. The van der Waals surface area contributed by atoms with Gasteiger partial charge < -0.3 is 19.7 Å². The molecule has 0 atom stereocenters. The van der Waals surface area contributed by atoms with E-state index in [1.807, 2.05) is 42.5 Å². The third kappa shape index (κ3) is 11.0. The summed E-state index contributed by atoms with van der Waals surface area (Å²) in [4.78, 5) is 52.9. The lowest BCUT2D eigenvalue weighted by atomic mass is 9.90. The number of carbonyl (C=O) groups is 4. The van der Waals surface area contributed by atoms with Crippen molar-refractivity contribution in [3.63, 3.8) is 0 Å². The maximum absolute atomic E-state index is 13.9. The fraction of sp³-hybridized carbons (Fsp3) is 0.450. The van der Waals surface area contributed by atoms with E-state index in [-0.39, 0.29) is 68.9 Å². The third-order valence-electron chi connectivity index (χ3n) is 9.26. The van der Waals surface area contributed by atoms with Crippen molar-refractivity contribution < 1.29 is 46.2 Å². The molecular formula is C40H46F4N2O6. The number of amides is 2. The molecule has 280 valence electrons. The van der Waals surface area contributed by atoms with E-state index in [1.165, 1.54) is 19.4 Å². The van der Waals surface area contributed by atoms with Gasteiger partial charge in [0.2, 0.25) is 29.2 Å². The zero-order valence-electron chi connectivity index (χ0n) is 30.1. The predicted molar refractivity (Wildman–Crippen MR) is 188 cm³/mol. The van der Waals surface area contributed by atoms with Crippen LogP contribution >= 0.6 is 0 Å². The van der Waals surface area contributed by atoms with Gasteiger partial charge >= 0.3 is 5.97 Å². The number of benzene rings is 3. The van der Waals surface area contributed by atoms with E-state index in [1.54, 1.807) is 18.7 Å². The van der Waals surface area contributed by atoms with E-state index in [0.717, 1.165) is 29.7 Å². The van der Waals surface area contributed by atoms with Gasteiger partial charge in [-0.25, -0.2) is 8.78 Å². The minimum absolute atomic E-state index is 0.0235. The van der Waals surface area contributed by atoms with Gasteiger partial charge in [-0.1, -0.05) is 42.5 Å². The molecule has 0 aliphatic carbocycles. The van der Waals surface area contributed by atoms with Crippen molar-refractivity contribution in [3.05, 3.63) is 94.6 Å². The number of ether oxygens (including phenoxy) is 2. The lowest BCUT2D eigenvalue weighted by Gasteiger charge is -2.29. The molecule has 1 aliphatic rings. The fourth-order valence-corrected chi connectivity index (χ4v) is 5.86.